The maximum Gasteiger partial charge on any atom is 0.252 e. The van der Waals surface area contributed by atoms with Gasteiger partial charge in [-0.15, -0.1) is 5.10 Å². The molecule has 4 heterocycles. The van der Waals surface area contributed by atoms with Crippen molar-refractivity contribution >= 4 is 11.6 Å². The van der Waals surface area contributed by atoms with Gasteiger partial charge in [0.1, 0.15) is 5.82 Å². The Morgan fingerprint density at radius 2 is 1.83 bits per heavy atom. The van der Waals surface area contributed by atoms with Crippen LogP contribution in [-0.2, 0) is 12.8 Å². The lowest BCUT2D eigenvalue weighted by molar-refractivity contribution is 0.798. The Balaban J connectivity index is 1.50. The molecule has 1 fully saturated rings. The molecule has 0 bridgehead atoms. The van der Waals surface area contributed by atoms with Crippen molar-refractivity contribution in [1.82, 2.24) is 29.5 Å². The van der Waals surface area contributed by atoms with Gasteiger partial charge in [0.05, 0.1) is 11.9 Å². The summed E-state index contributed by atoms with van der Waals surface area (Å²) >= 11 is 0. The molecule has 7 nitrogen and oxygen atoms in total. The molecule has 0 aliphatic carbocycles. The second kappa shape index (κ2) is 6.14. The van der Waals surface area contributed by atoms with Crippen molar-refractivity contribution in [2.45, 2.75) is 39.5 Å². The number of anilines is 1. The van der Waals surface area contributed by atoms with Crippen molar-refractivity contribution in [3.05, 3.63) is 41.4 Å². The third-order valence-corrected chi connectivity index (χ3v) is 4.37. The fourth-order valence-electron chi connectivity index (χ4n) is 3.17. The Bertz CT molecular complexity index is 865. The Morgan fingerprint density at radius 1 is 1.00 bits per heavy atom. The van der Waals surface area contributed by atoms with Gasteiger partial charge in [-0.2, -0.15) is 4.98 Å². The standard InChI is InChI=1S/C17H21N7/c1-12-9-13(2)24-17(19-12)21-15(22-24)6-5-14-10-18-11-16(20-14)23-7-3-4-8-23/h9-11H,3-8H2,1-2H3. The van der Waals surface area contributed by atoms with E-state index < -0.39 is 0 Å². The van der Waals surface area contributed by atoms with Crippen LogP contribution in [0.1, 0.15) is 35.7 Å². The Hall–Kier alpha value is -2.57. The van der Waals surface area contributed by atoms with Crippen molar-refractivity contribution in [2.24, 2.45) is 0 Å². The summed E-state index contributed by atoms with van der Waals surface area (Å²) in [5, 5.41) is 4.55. The van der Waals surface area contributed by atoms with E-state index in [-0.39, 0.29) is 0 Å². The van der Waals surface area contributed by atoms with Gasteiger partial charge in [-0.3, -0.25) is 4.98 Å². The van der Waals surface area contributed by atoms with Crippen LogP contribution in [0, 0.1) is 13.8 Å². The van der Waals surface area contributed by atoms with Gasteiger partial charge in [-0.25, -0.2) is 14.5 Å². The first-order valence-corrected chi connectivity index (χ1v) is 8.45. The van der Waals surface area contributed by atoms with Crippen LogP contribution >= 0.6 is 0 Å². The zero-order chi connectivity index (χ0) is 16.5. The first-order valence-electron chi connectivity index (χ1n) is 8.45. The molecule has 4 rings (SSSR count). The van der Waals surface area contributed by atoms with Crippen LogP contribution in [0.3, 0.4) is 0 Å². The van der Waals surface area contributed by atoms with Gasteiger partial charge in [-0.1, -0.05) is 0 Å². The molecule has 0 N–H and O–H groups in total. The lowest BCUT2D eigenvalue weighted by atomic mass is 10.2. The van der Waals surface area contributed by atoms with Gasteiger partial charge in [0, 0.05) is 37.1 Å². The molecule has 0 atom stereocenters. The van der Waals surface area contributed by atoms with E-state index in [1.807, 2.05) is 32.3 Å². The minimum absolute atomic E-state index is 0.666. The van der Waals surface area contributed by atoms with Crippen molar-refractivity contribution in [2.75, 3.05) is 18.0 Å². The van der Waals surface area contributed by atoms with Crippen LogP contribution < -0.4 is 4.90 Å². The molecule has 24 heavy (non-hydrogen) atoms. The van der Waals surface area contributed by atoms with Gasteiger partial charge in [0.2, 0.25) is 0 Å². The van der Waals surface area contributed by atoms with Crippen LogP contribution in [0.4, 0.5) is 5.82 Å². The lowest BCUT2D eigenvalue weighted by Crippen LogP contribution is -2.19. The normalized spacial score (nSPS) is 14.7. The largest absolute Gasteiger partial charge is 0.355 e. The zero-order valence-corrected chi connectivity index (χ0v) is 14.1. The highest BCUT2D eigenvalue weighted by Gasteiger charge is 2.14. The first kappa shape index (κ1) is 15.0. The van der Waals surface area contributed by atoms with Crippen molar-refractivity contribution in [3.8, 4) is 0 Å². The molecule has 1 aliphatic heterocycles. The number of aromatic nitrogens is 6. The molecule has 3 aromatic heterocycles. The van der Waals surface area contributed by atoms with E-state index in [9.17, 15) is 0 Å². The average molecular weight is 323 g/mol. The summed E-state index contributed by atoms with van der Waals surface area (Å²) in [6.07, 6.45) is 7.69. The van der Waals surface area contributed by atoms with Gasteiger partial charge < -0.3 is 4.90 Å². The van der Waals surface area contributed by atoms with E-state index in [1.54, 1.807) is 4.52 Å². The topological polar surface area (TPSA) is 72.1 Å². The maximum atomic E-state index is 4.74. The smallest absolute Gasteiger partial charge is 0.252 e. The molecule has 0 amide bonds. The number of hydrogen-bond donors (Lipinski definition) is 0. The van der Waals surface area contributed by atoms with Gasteiger partial charge in [0.25, 0.3) is 5.78 Å². The number of aryl methyl sites for hydroxylation is 4. The highest BCUT2D eigenvalue weighted by molar-refractivity contribution is 5.37. The second-order valence-corrected chi connectivity index (χ2v) is 6.34. The predicted octanol–water partition coefficient (Wildman–Crippen LogP) is 1.92. The first-order chi connectivity index (χ1) is 11.7. The number of fused-ring (bicyclic) bond motifs is 1. The molecule has 0 spiro atoms. The summed E-state index contributed by atoms with van der Waals surface area (Å²) in [6.45, 7) is 6.15. The van der Waals surface area contributed by atoms with Gasteiger partial charge in [0.15, 0.2) is 5.82 Å². The third kappa shape index (κ3) is 2.93. The van der Waals surface area contributed by atoms with Crippen molar-refractivity contribution < 1.29 is 0 Å². The molecule has 3 aromatic rings. The summed E-state index contributed by atoms with van der Waals surface area (Å²) < 4.78 is 1.80. The molecule has 0 saturated carbocycles. The molecule has 7 heteroatoms. The molecule has 1 aliphatic rings. The predicted molar refractivity (Wildman–Crippen MR) is 91.1 cm³/mol. The van der Waals surface area contributed by atoms with E-state index in [0.29, 0.717) is 5.78 Å². The lowest BCUT2D eigenvalue weighted by Gasteiger charge is -2.16. The van der Waals surface area contributed by atoms with E-state index in [0.717, 1.165) is 54.7 Å². The maximum absolute atomic E-state index is 4.74. The van der Waals surface area contributed by atoms with E-state index in [4.69, 9.17) is 4.98 Å². The molecule has 124 valence electrons. The Kier molecular flexibility index (Phi) is 3.84. The summed E-state index contributed by atoms with van der Waals surface area (Å²) in [4.78, 5) is 20.4. The molecular weight excluding hydrogens is 302 g/mol. The van der Waals surface area contributed by atoms with Crippen molar-refractivity contribution in [3.63, 3.8) is 0 Å². The molecule has 1 saturated heterocycles. The second-order valence-electron chi connectivity index (χ2n) is 6.34. The number of hydrogen-bond acceptors (Lipinski definition) is 6. The number of rotatable bonds is 4. The third-order valence-electron chi connectivity index (χ3n) is 4.37. The van der Waals surface area contributed by atoms with E-state index in [1.165, 1.54) is 12.8 Å². The molecule has 0 radical (unpaired) electrons. The van der Waals surface area contributed by atoms with Crippen LogP contribution in [-0.4, -0.2) is 42.6 Å². The highest BCUT2D eigenvalue weighted by atomic mass is 15.3. The SMILES string of the molecule is Cc1cc(C)n2nc(CCc3cncc(N4CCCC4)n3)nc2n1. The van der Waals surface area contributed by atoms with Crippen molar-refractivity contribution in [1.29, 1.82) is 0 Å². The summed E-state index contributed by atoms with van der Waals surface area (Å²) in [5.41, 5.74) is 2.99. The zero-order valence-electron chi connectivity index (χ0n) is 14.1. The van der Waals surface area contributed by atoms with Crippen LogP contribution in [0.5, 0.6) is 0 Å². The highest BCUT2D eigenvalue weighted by Crippen LogP contribution is 2.17. The van der Waals surface area contributed by atoms with Gasteiger partial charge >= 0.3 is 0 Å². The molecule has 0 unspecified atom stereocenters. The Morgan fingerprint density at radius 3 is 2.67 bits per heavy atom. The fourth-order valence-corrected chi connectivity index (χ4v) is 3.17. The Labute approximate surface area is 140 Å². The quantitative estimate of drug-likeness (QED) is 0.730. The van der Waals surface area contributed by atoms with Crippen LogP contribution in [0.25, 0.3) is 5.78 Å². The van der Waals surface area contributed by atoms with E-state index >= 15 is 0 Å². The van der Waals surface area contributed by atoms with E-state index in [2.05, 4.69) is 25.0 Å². The summed E-state index contributed by atoms with van der Waals surface area (Å²) in [5.74, 6) is 2.45. The summed E-state index contributed by atoms with van der Waals surface area (Å²) in [6, 6.07) is 2.01. The fraction of sp³-hybridized carbons (Fsp3) is 0.471. The minimum Gasteiger partial charge on any atom is -0.355 e. The van der Waals surface area contributed by atoms with Gasteiger partial charge in [-0.05, 0) is 39.2 Å². The van der Waals surface area contributed by atoms with Crippen LogP contribution in [0.15, 0.2) is 18.5 Å². The number of nitrogens with zero attached hydrogens (tertiary/aromatic N) is 7. The summed E-state index contributed by atoms with van der Waals surface area (Å²) in [7, 11) is 0. The monoisotopic (exact) mass is 323 g/mol. The minimum atomic E-state index is 0.666. The molecular formula is C17H21N7. The average Bonchev–Trinajstić information content (AvgIpc) is 3.23. The van der Waals surface area contributed by atoms with Crippen LogP contribution in [0.2, 0.25) is 0 Å². The molecule has 0 aromatic carbocycles.